The summed E-state index contributed by atoms with van der Waals surface area (Å²) in [6, 6.07) is 15.7. The fourth-order valence-corrected chi connectivity index (χ4v) is 3.57. The van der Waals surface area contributed by atoms with E-state index in [0.717, 1.165) is 36.4 Å². The van der Waals surface area contributed by atoms with E-state index in [1.165, 1.54) is 6.33 Å². The van der Waals surface area contributed by atoms with Crippen molar-refractivity contribution in [3.63, 3.8) is 0 Å². The molecule has 1 atom stereocenters. The maximum atomic E-state index is 13.1. The Morgan fingerprint density at radius 3 is 2.59 bits per heavy atom. The molecule has 0 spiro atoms. The first-order valence-corrected chi connectivity index (χ1v) is 9.25. The largest absolute Gasteiger partial charge is 0.494 e. The molecule has 0 saturated carbocycles. The lowest BCUT2D eigenvalue weighted by atomic mass is 10.0. The minimum Gasteiger partial charge on any atom is -0.494 e. The van der Waals surface area contributed by atoms with E-state index in [0.29, 0.717) is 12.2 Å². The first-order chi connectivity index (χ1) is 13.3. The van der Waals surface area contributed by atoms with Crippen molar-refractivity contribution in [2.75, 3.05) is 13.2 Å². The zero-order valence-corrected chi connectivity index (χ0v) is 15.3. The van der Waals surface area contributed by atoms with E-state index in [2.05, 4.69) is 22.2 Å². The van der Waals surface area contributed by atoms with Crippen molar-refractivity contribution < 1.29 is 9.53 Å². The quantitative estimate of drug-likeness (QED) is 0.695. The van der Waals surface area contributed by atoms with Gasteiger partial charge in [-0.1, -0.05) is 12.1 Å². The third-order valence-corrected chi connectivity index (χ3v) is 4.89. The van der Waals surface area contributed by atoms with Gasteiger partial charge in [-0.05, 0) is 61.7 Å². The van der Waals surface area contributed by atoms with E-state index in [4.69, 9.17) is 4.74 Å². The molecule has 1 aromatic heterocycles. The normalized spacial score (nSPS) is 16.5. The topological polar surface area (TPSA) is 60.2 Å². The smallest absolute Gasteiger partial charge is 0.254 e. The Kier molecular flexibility index (Phi) is 4.87. The van der Waals surface area contributed by atoms with Crippen LogP contribution in [0.1, 0.15) is 41.7 Å². The first kappa shape index (κ1) is 17.3. The third-order valence-electron chi connectivity index (χ3n) is 4.89. The van der Waals surface area contributed by atoms with Crippen LogP contribution in [0, 0.1) is 0 Å². The molecule has 1 aliphatic rings. The molecule has 0 aliphatic carbocycles. The lowest BCUT2D eigenvalue weighted by Crippen LogP contribution is -2.30. The number of carbonyl (C=O) groups excluding carboxylic acids is 1. The highest BCUT2D eigenvalue weighted by Gasteiger charge is 2.30. The Labute approximate surface area is 158 Å². The van der Waals surface area contributed by atoms with E-state index >= 15 is 0 Å². The van der Waals surface area contributed by atoms with Crippen LogP contribution in [0.25, 0.3) is 5.69 Å². The molecule has 2 heterocycles. The van der Waals surface area contributed by atoms with Gasteiger partial charge in [0.25, 0.3) is 5.91 Å². The fourth-order valence-electron chi connectivity index (χ4n) is 3.57. The molecular formula is C21H22N4O2. The number of hydrogen-bond donors (Lipinski definition) is 0. The Bertz CT molecular complexity index is 889. The van der Waals surface area contributed by atoms with Crippen LogP contribution in [-0.2, 0) is 0 Å². The van der Waals surface area contributed by atoms with Gasteiger partial charge >= 0.3 is 0 Å². The van der Waals surface area contributed by atoms with Crippen LogP contribution in [0.3, 0.4) is 0 Å². The molecule has 6 nitrogen and oxygen atoms in total. The summed E-state index contributed by atoms with van der Waals surface area (Å²) < 4.78 is 7.19. The van der Waals surface area contributed by atoms with Crippen molar-refractivity contribution >= 4 is 5.91 Å². The van der Waals surface area contributed by atoms with Crippen molar-refractivity contribution in [1.29, 1.82) is 0 Å². The van der Waals surface area contributed by atoms with Gasteiger partial charge < -0.3 is 9.64 Å². The van der Waals surface area contributed by atoms with Crippen molar-refractivity contribution in [2.45, 2.75) is 25.8 Å². The third kappa shape index (κ3) is 3.56. The Morgan fingerprint density at radius 2 is 1.93 bits per heavy atom. The molecule has 3 aromatic rings. The lowest BCUT2D eigenvalue weighted by molar-refractivity contribution is 0.0735. The summed E-state index contributed by atoms with van der Waals surface area (Å²) in [4.78, 5) is 19.0. The highest BCUT2D eigenvalue weighted by atomic mass is 16.5. The van der Waals surface area contributed by atoms with Crippen LogP contribution in [0.5, 0.6) is 5.75 Å². The number of likely N-dealkylation sites (tertiary alicyclic amines) is 1. The second kappa shape index (κ2) is 7.61. The SMILES string of the molecule is CCOc1ccc(C2CCCN2C(=O)c2ccc(-n3cncn3)cc2)cc1. The Hall–Kier alpha value is -3.15. The average Bonchev–Trinajstić information content (AvgIpc) is 3.41. The van der Waals surface area contributed by atoms with Crippen LogP contribution >= 0.6 is 0 Å². The number of ether oxygens (including phenoxy) is 1. The van der Waals surface area contributed by atoms with Crippen LogP contribution in [-0.4, -0.2) is 38.7 Å². The number of nitrogens with zero attached hydrogens (tertiary/aromatic N) is 4. The Morgan fingerprint density at radius 1 is 1.15 bits per heavy atom. The van der Waals surface area contributed by atoms with Gasteiger partial charge in [-0.25, -0.2) is 9.67 Å². The van der Waals surface area contributed by atoms with Gasteiger partial charge in [0, 0.05) is 12.1 Å². The molecule has 1 amide bonds. The summed E-state index contributed by atoms with van der Waals surface area (Å²) in [6.07, 6.45) is 5.13. The van der Waals surface area contributed by atoms with Crippen LogP contribution < -0.4 is 4.74 Å². The number of benzene rings is 2. The summed E-state index contributed by atoms with van der Waals surface area (Å²) >= 11 is 0. The highest BCUT2D eigenvalue weighted by molar-refractivity contribution is 5.94. The van der Waals surface area contributed by atoms with Crippen LogP contribution in [0.15, 0.2) is 61.2 Å². The standard InChI is InChI=1S/C21H22N4O2/c1-2-27-19-11-7-16(8-12-19)20-4-3-13-24(20)21(26)17-5-9-18(10-6-17)25-15-22-14-23-25/h5-12,14-15,20H,2-4,13H2,1H3. The number of amides is 1. The van der Waals surface area contributed by atoms with Gasteiger partial charge in [-0.3, -0.25) is 4.79 Å². The fraction of sp³-hybridized carbons (Fsp3) is 0.286. The zero-order chi connectivity index (χ0) is 18.6. The number of rotatable bonds is 5. The summed E-state index contributed by atoms with van der Waals surface area (Å²) in [6.45, 7) is 3.40. The lowest BCUT2D eigenvalue weighted by Gasteiger charge is -2.25. The van der Waals surface area contributed by atoms with E-state index in [-0.39, 0.29) is 11.9 Å². The summed E-state index contributed by atoms with van der Waals surface area (Å²) in [7, 11) is 0. The molecule has 4 rings (SSSR count). The average molecular weight is 362 g/mol. The minimum atomic E-state index is 0.0662. The Balaban J connectivity index is 1.52. The molecular weight excluding hydrogens is 340 g/mol. The van der Waals surface area contributed by atoms with Crippen LogP contribution in [0.4, 0.5) is 0 Å². The van der Waals surface area contributed by atoms with E-state index in [9.17, 15) is 4.79 Å². The van der Waals surface area contributed by atoms with Crippen molar-refractivity contribution in [3.8, 4) is 11.4 Å². The molecule has 0 bridgehead atoms. The monoisotopic (exact) mass is 362 g/mol. The molecule has 1 aliphatic heterocycles. The molecule has 138 valence electrons. The van der Waals surface area contributed by atoms with Gasteiger partial charge in [0.05, 0.1) is 18.3 Å². The number of aromatic nitrogens is 3. The van der Waals surface area contributed by atoms with Crippen molar-refractivity contribution in [3.05, 3.63) is 72.3 Å². The summed E-state index contributed by atoms with van der Waals surface area (Å²) in [5, 5.41) is 4.11. The number of hydrogen-bond acceptors (Lipinski definition) is 4. The predicted octanol–water partition coefficient (Wildman–Crippen LogP) is 3.64. The minimum absolute atomic E-state index is 0.0662. The molecule has 1 unspecified atom stereocenters. The van der Waals surface area contributed by atoms with Crippen molar-refractivity contribution in [2.24, 2.45) is 0 Å². The molecule has 27 heavy (non-hydrogen) atoms. The number of carbonyl (C=O) groups is 1. The van der Waals surface area contributed by atoms with E-state index in [1.807, 2.05) is 48.2 Å². The molecule has 0 radical (unpaired) electrons. The maximum absolute atomic E-state index is 13.1. The molecule has 1 fully saturated rings. The van der Waals surface area contributed by atoms with E-state index in [1.54, 1.807) is 11.0 Å². The maximum Gasteiger partial charge on any atom is 0.254 e. The molecule has 2 aromatic carbocycles. The van der Waals surface area contributed by atoms with Gasteiger partial charge in [0.15, 0.2) is 0 Å². The molecule has 6 heteroatoms. The molecule has 1 saturated heterocycles. The van der Waals surface area contributed by atoms with Gasteiger partial charge in [-0.2, -0.15) is 5.10 Å². The second-order valence-corrected chi connectivity index (χ2v) is 6.55. The zero-order valence-electron chi connectivity index (χ0n) is 15.3. The van der Waals surface area contributed by atoms with E-state index < -0.39 is 0 Å². The first-order valence-electron chi connectivity index (χ1n) is 9.25. The second-order valence-electron chi connectivity index (χ2n) is 6.55. The highest BCUT2D eigenvalue weighted by Crippen LogP contribution is 2.34. The van der Waals surface area contributed by atoms with Gasteiger partial charge in [0.2, 0.25) is 0 Å². The molecule has 0 N–H and O–H groups in total. The summed E-state index contributed by atoms with van der Waals surface area (Å²) in [5.74, 6) is 0.928. The van der Waals surface area contributed by atoms with Crippen molar-refractivity contribution in [1.82, 2.24) is 19.7 Å². The van der Waals surface area contributed by atoms with Crippen LogP contribution in [0.2, 0.25) is 0 Å². The predicted molar refractivity (Wildman–Crippen MR) is 102 cm³/mol. The van der Waals surface area contributed by atoms with Gasteiger partial charge in [-0.15, -0.1) is 0 Å². The summed E-state index contributed by atoms with van der Waals surface area (Å²) in [5.41, 5.74) is 2.73. The van der Waals surface area contributed by atoms with Gasteiger partial charge in [0.1, 0.15) is 18.4 Å².